The van der Waals surface area contributed by atoms with Gasteiger partial charge in [0.15, 0.2) is 0 Å². The van der Waals surface area contributed by atoms with E-state index in [2.05, 4.69) is 4.98 Å². The molecule has 4 rings (SSSR count). The highest BCUT2D eigenvalue weighted by atomic mass is 19.1. The van der Waals surface area contributed by atoms with E-state index >= 15 is 0 Å². The molecule has 0 spiro atoms. The van der Waals surface area contributed by atoms with Crippen LogP contribution in [0.1, 0.15) is 36.1 Å². The number of aryl methyl sites for hydroxylation is 1. The largest absolute Gasteiger partial charge is 0.507 e. The maximum absolute atomic E-state index is 14.9. The average molecular weight is 446 g/mol. The van der Waals surface area contributed by atoms with E-state index in [4.69, 9.17) is 4.74 Å². The van der Waals surface area contributed by atoms with Crippen LogP contribution in [-0.2, 0) is 9.59 Å². The number of hydrogen-bond donors (Lipinski definition) is 1. The number of aliphatic hydroxyl groups excluding tert-OH is 1. The molecule has 1 saturated heterocycles. The molecule has 0 bridgehead atoms. The van der Waals surface area contributed by atoms with Crippen molar-refractivity contribution in [3.8, 4) is 5.75 Å². The number of hydrogen-bond acceptors (Lipinski definition) is 5. The molecule has 1 aliphatic rings. The highest BCUT2D eigenvalue weighted by molar-refractivity contribution is 6.51. The summed E-state index contributed by atoms with van der Waals surface area (Å²) in [6, 6.07) is 14.6. The Labute approximate surface area is 191 Å². The van der Waals surface area contributed by atoms with Crippen molar-refractivity contribution in [1.29, 1.82) is 0 Å². The van der Waals surface area contributed by atoms with Crippen molar-refractivity contribution >= 4 is 23.3 Å². The Balaban J connectivity index is 1.89. The quantitative estimate of drug-likeness (QED) is 0.329. The van der Waals surface area contributed by atoms with Crippen molar-refractivity contribution in [1.82, 2.24) is 4.98 Å². The molecule has 1 aliphatic heterocycles. The Morgan fingerprint density at radius 2 is 1.88 bits per heavy atom. The summed E-state index contributed by atoms with van der Waals surface area (Å²) in [5.41, 5.74) is 0.978. The van der Waals surface area contributed by atoms with Gasteiger partial charge in [-0.05, 0) is 55.3 Å². The lowest BCUT2D eigenvalue weighted by molar-refractivity contribution is -0.132. The summed E-state index contributed by atoms with van der Waals surface area (Å²) in [6.45, 7) is 4.37. The lowest BCUT2D eigenvalue weighted by atomic mass is 9.94. The van der Waals surface area contributed by atoms with Gasteiger partial charge in [0, 0.05) is 17.3 Å². The molecular formula is C26H23FN2O4. The number of carbonyl (C=O) groups is 2. The van der Waals surface area contributed by atoms with E-state index in [1.807, 2.05) is 13.8 Å². The monoisotopic (exact) mass is 446 g/mol. The minimum atomic E-state index is -1.17. The van der Waals surface area contributed by atoms with Crippen molar-refractivity contribution in [3.63, 3.8) is 0 Å². The van der Waals surface area contributed by atoms with Crippen molar-refractivity contribution in [2.45, 2.75) is 26.3 Å². The van der Waals surface area contributed by atoms with Gasteiger partial charge in [0.25, 0.3) is 5.78 Å². The van der Waals surface area contributed by atoms with Crippen molar-refractivity contribution in [2.75, 3.05) is 11.5 Å². The van der Waals surface area contributed by atoms with Crippen LogP contribution < -0.4 is 9.64 Å². The van der Waals surface area contributed by atoms with Crippen LogP contribution in [0.3, 0.4) is 0 Å². The zero-order valence-electron chi connectivity index (χ0n) is 18.3. The number of halogens is 1. The summed E-state index contributed by atoms with van der Waals surface area (Å²) in [7, 11) is 0. The van der Waals surface area contributed by atoms with Gasteiger partial charge in [-0.15, -0.1) is 0 Å². The summed E-state index contributed by atoms with van der Waals surface area (Å²) >= 11 is 0. The fourth-order valence-electron chi connectivity index (χ4n) is 3.88. The van der Waals surface area contributed by atoms with E-state index in [1.165, 1.54) is 24.4 Å². The topological polar surface area (TPSA) is 79.7 Å². The molecule has 0 aliphatic carbocycles. The maximum Gasteiger partial charge on any atom is 0.301 e. The fraction of sp³-hybridized carbons (Fsp3) is 0.192. The minimum absolute atomic E-state index is 0.0866. The fourth-order valence-corrected chi connectivity index (χ4v) is 3.88. The molecule has 2 heterocycles. The van der Waals surface area contributed by atoms with Crippen molar-refractivity contribution < 1.29 is 23.8 Å². The van der Waals surface area contributed by atoms with E-state index < -0.39 is 23.5 Å². The SMILES string of the molecule is CCCOc1ccc(C(O)=C2C(=O)C(=O)N(c3ccccn3)[C@@H]2c2ccccc2F)cc1C. The standard InChI is InChI=1S/C26H23FN2O4/c1-3-14-33-20-12-11-17(15-16(20)2)24(30)22-23(18-8-4-5-9-19(18)27)29(26(32)25(22)31)21-10-6-7-13-28-21/h4-13,15,23,30H,3,14H2,1-2H3/t23-/m1/s1. The molecule has 1 N–H and O–H groups in total. The number of amides is 1. The van der Waals surface area contributed by atoms with Crippen LogP contribution >= 0.6 is 0 Å². The molecule has 0 saturated carbocycles. The number of carbonyl (C=O) groups excluding carboxylic acids is 2. The molecule has 1 fully saturated rings. The first-order valence-electron chi connectivity index (χ1n) is 10.6. The van der Waals surface area contributed by atoms with Gasteiger partial charge in [0.05, 0.1) is 18.2 Å². The van der Waals surface area contributed by atoms with Crippen molar-refractivity contribution in [2.24, 2.45) is 0 Å². The maximum atomic E-state index is 14.9. The Kier molecular flexibility index (Phi) is 6.22. The van der Waals surface area contributed by atoms with Gasteiger partial charge in [0.2, 0.25) is 0 Å². The van der Waals surface area contributed by atoms with Crippen LogP contribution in [0.25, 0.3) is 5.76 Å². The van der Waals surface area contributed by atoms with Crippen LogP contribution in [0.2, 0.25) is 0 Å². The van der Waals surface area contributed by atoms with E-state index in [1.54, 1.807) is 42.5 Å². The molecule has 2 aromatic carbocycles. The number of aliphatic hydroxyl groups is 1. The molecule has 1 amide bonds. The summed E-state index contributed by atoms with van der Waals surface area (Å²) in [4.78, 5) is 31.4. The van der Waals surface area contributed by atoms with Crippen LogP contribution in [0.15, 0.2) is 72.4 Å². The normalized spacial score (nSPS) is 17.4. The summed E-state index contributed by atoms with van der Waals surface area (Å²) in [5.74, 6) is -1.93. The molecule has 7 heteroatoms. The Bertz CT molecular complexity index is 1240. The zero-order chi connectivity index (χ0) is 23.5. The molecule has 6 nitrogen and oxygen atoms in total. The molecule has 3 aromatic rings. The number of anilines is 1. The second kappa shape index (κ2) is 9.24. The Morgan fingerprint density at radius 1 is 1.12 bits per heavy atom. The molecule has 0 radical (unpaired) electrons. The second-order valence-electron chi connectivity index (χ2n) is 7.71. The Hall–Kier alpha value is -4.00. The second-order valence-corrected chi connectivity index (χ2v) is 7.71. The zero-order valence-corrected chi connectivity index (χ0v) is 18.3. The number of benzene rings is 2. The number of ketones is 1. The van der Waals surface area contributed by atoms with Crippen LogP contribution in [0.4, 0.5) is 10.2 Å². The van der Waals surface area contributed by atoms with E-state index in [0.29, 0.717) is 17.9 Å². The van der Waals surface area contributed by atoms with E-state index in [-0.39, 0.29) is 22.7 Å². The molecule has 1 atom stereocenters. The van der Waals surface area contributed by atoms with Gasteiger partial charge in [-0.25, -0.2) is 9.37 Å². The molecule has 33 heavy (non-hydrogen) atoms. The van der Waals surface area contributed by atoms with Gasteiger partial charge >= 0.3 is 5.91 Å². The van der Waals surface area contributed by atoms with E-state index in [9.17, 15) is 19.1 Å². The van der Waals surface area contributed by atoms with Crippen LogP contribution in [0, 0.1) is 12.7 Å². The van der Waals surface area contributed by atoms with Crippen LogP contribution in [-0.4, -0.2) is 28.4 Å². The smallest absolute Gasteiger partial charge is 0.301 e. The number of rotatable bonds is 6. The lowest BCUT2D eigenvalue weighted by Gasteiger charge is -2.24. The predicted molar refractivity (Wildman–Crippen MR) is 122 cm³/mol. The lowest BCUT2D eigenvalue weighted by Crippen LogP contribution is -2.30. The van der Waals surface area contributed by atoms with Crippen molar-refractivity contribution in [3.05, 3.63) is 94.9 Å². The van der Waals surface area contributed by atoms with Crippen LogP contribution in [0.5, 0.6) is 5.75 Å². The minimum Gasteiger partial charge on any atom is -0.507 e. The first-order valence-corrected chi connectivity index (χ1v) is 10.6. The van der Waals surface area contributed by atoms with Gasteiger partial charge in [0.1, 0.15) is 23.1 Å². The Morgan fingerprint density at radius 3 is 2.55 bits per heavy atom. The average Bonchev–Trinajstić information content (AvgIpc) is 3.09. The highest BCUT2D eigenvalue weighted by Crippen LogP contribution is 2.42. The van der Waals surface area contributed by atoms with Gasteiger partial charge in [-0.1, -0.05) is 31.2 Å². The molecule has 0 unspecified atom stereocenters. The highest BCUT2D eigenvalue weighted by Gasteiger charge is 2.48. The molecule has 1 aromatic heterocycles. The molecule has 168 valence electrons. The van der Waals surface area contributed by atoms with E-state index in [0.717, 1.165) is 16.9 Å². The first-order chi connectivity index (χ1) is 15.9. The number of aromatic nitrogens is 1. The third-order valence-corrected chi connectivity index (χ3v) is 5.45. The first kappa shape index (κ1) is 22.2. The predicted octanol–water partition coefficient (Wildman–Crippen LogP) is 4.94. The summed E-state index contributed by atoms with van der Waals surface area (Å²) in [5, 5.41) is 11.2. The third kappa shape index (κ3) is 4.09. The third-order valence-electron chi connectivity index (χ3n) is 5.45. The number of pyridine rings is 1. The number of nitrogens with zero attached hydrogens (tertiary/aromatic N) is 2. The van der Waals surface area contributed by atoms with Gasteiger partial charge in [-0.2, -0.15) is 0 Å². The summed E-state index contributed by atoms with van der Waals surface area (Å²) in [6.07, 6.45) is 2.33. The van der Waals surface area contributed by atoms with Gasteiger partial charge in [-0.3, -0.25) is 14.5 Å². The summed E-state index contributed by atoms with van der Waals surface area (Å²) < 4.78 is 20.5. The molecular weight excluding hydrogens is 423 g/mol. The number of Topliss-reactive ketones (excluding diaryl/α,β-unsaturated/α-hetero) is 1. The number of ether oxygens (including phenoxy) is 1. The van der Waals surface area contributed by atoms with Gasteiger partial charge < -0.3 is 9.84 Å².